The molecule has 22 heavy (non-hydrogen) atoms. The molecular formula is C15H25ClN2O3S. The van der Waals surface area contributed by atoms with Gasteiger partial charge in [-0.1, -0.05) is 37.6 Å². The minimum Gasteiger partial charge on any atom is -0.350 e. The predicted octanol–water partition coefficient (Wildman–Crippen LogP) is 1.79. The van der Waals surface area contributed by atoms with Crippen LogP contribution < -0.4 is 11.1 Å². The van der Waals surface area contributed by atoms with E-state index in [1.807, 2.05) is 13.0 Å². The second kappa shape index (κ2) is 8.50. The number of hydrogen-bond acceptors (Lipinski definition) is 4. The number of sulfone groups is 1. The molecule has 1 aromatic rings. The number of carbonyl (C=O) groups excluding carboxylic acids is 1. The van der Waals surface area contributed by atoms with Gasteiger partial charge in [0.25, 0.3) is 0 Å². The van der Waals surface area contributed by atoms with E-state index in [0.717, 1.165) is 12.0 Å². The Hall–Kier alpha value is -1.11. The molecule has 0 saturated carbocycles. The lowest BCUT2D eigenvalue weighted by molar-refractivity contribution is -0.126. The molecule has 0 aliphatic rings. The average molecular weight is 349 g/mol. The van der Waals surface area contributed by atoms with Gasteiger partial charge < -0.3 is 11.1 Å². The van der Waals surface area contributed by atoms with Gasteiger partial charge in [0, 0.05) is 12.8 Å². The third-order valence-electron chi connectivity index (χ3n) is 3.16. The van der Waals surface area contributed by atoms with Crippen molar-refractivity contribution in [2.45, 2.75) is 44.5 Å². The van der Waals surface area contributed by atoms with E-state index in [4.69, 9.17) is 5.73 Å². The number of carbonyl (C=O) groups is 1. The second-order valence-corrected chi connectivity index (χ2v) is 7.88. The van der Waals surface area contributed by atoms with Crippen LogP contribution in [0, 0.1) is 0 Å². The summed E-state index contributed by atoms with van der Waals surface area (Å²) in [5, 5.41) is 2.80. The Balaban J connectivity index is 0.00000441. The molecule has 1 unspecified atom stereocenters. The number of rotatable bonds is 7. The summed E-state index contributed by atoms with van der Waals surface area (Å²) in [7, 11) is -3.06. The van der Waals surface area contributed by atoms with Crippen molar-refractivity contribution < 1.29 is 13.2 Å². The third kappa shape index (κ3) is 7.24. The fourth-order valence-electron chi connectivity index (χ4n) is 2.15. The van der Waals surface area contributed by atoms with E-state index in [-0.39, 0.29) is 24.1 Å². The van der Waals surface area contributed by atoms with Gasteiger partial charge in [0.05, 0.1) is 11.3 Å². The van der Waals surface area contributed by atoms with E-state index < -0.39 is 15.4 Å². The van der Waals surface area contributed by atoms with Crippen LogP contribution in [-0.2, 0) is 26.9 Å². The van der Waals surface area contributed by atoms with Gasteiger partial charge in [-0.3, -0.25) is 4.79 Å². The molecule has 0 aromatic heterocycles. The lowest BCUT2D eigenvalue weighted by atomic mass is 9.96. The highest BCUT2D eigenvalue weighted by Crippen LogP contribution is 2.11. The summed E-state index contributed by atoms with van der Waals surface area (Å²) in [6.07, 6.45) is 2.66. The zero-order chi connectivity index (χ0) is 16.1. The smallest absolute Gasteiger partial charge is 0.240 e. The largest absolute Gasteiger partial charge is 0.350 e. The van der Waals surface area contributed by atoms with Gasteiger partial charge in [-0.15, -0.1) is 12.4 Å². The molecule has 126 valence electrons. The van der Waals surface area contributed by atoms with E-state index in [1.54, 1.807) is 25.1 Å². The minimum atomic E-state index is -3.06. The highest BCUT2D eigenvalue weighted by Gasteiger charge is 2.26. The lowest BCUT2D eigenvalue weighted by Gasteiger charge is -2.22. The van der Waals surface area contributed by atoms with E-state index >= 15 is 0 Å². The molecule has 1 amide bonds. The third-order valence-corrected chi connectivity index (χ3v) is 4.02. The fourth-order valence-corrected chi connectivity index (χ4v) is 2.93. The SMILES string of the molecule is CCCC(C)(N)C(=O)NCc1cccc(CS(C)(=O)=O)c1.Cl. The van der Waals surface area contributed by atoms with Gasteiger partial charge in [-0.05, 0) is 24.5 Å². The van der Waals surface area contributed by atoms with Crippen molar-refractivity contribution >= 4 is 28.2 Å². The molecule has 7 heteroatoms. The van der Waals surface area contributed by atoms with Crippen LogP contribution in [0.5, 0.6) is 0 Å². The van der Waals surface area contributed by atoms with Crippen LogP contribution in [0.1, 0.15) is 37.8 Å². The molecule has 5 nitrogen and oxygen atoms in total. The number of nitrogens with one attached hydrogen (secondary N) is 1. The molecule has 0 aliphatic heterocycles. The molecule has 0 fully saturated rings. The number of nitrogens with two attached hydrogens (primary N) is 1. The van der Waals surface area contributed by atoms with Gasteiger partial charge >= 0.3 is 0 Å². The van der Waals surface area contributed by atoms with Crippen molar-refractivity contribution in [3.05, 3.63) is 35.4 Å². The highest BCUT2D eigenvalue weighted by molar-refractivity contribution is 7.89. The Kier molecular flexibility index (Phi) is 8.07. The normalized spacial score (nSPS) is 13.8. The Bertz CT molecular complexity index is 601. The molecule has 3 N–H and O–H groups in total. The summed E-state index contributed by atoms with van der Waals surface area (Å²) in [5.41, 5.74) is 6.66. The van der Waals surface area contributed by atoms with Crippen molar-refractivity contribution in [1.29, 1.82) is 0 Å². The zero-order valence-electron chi connectivity index (χ0n) is 13.3. The maximum Gasteiger partial charge on any atom is 0.240 e. The Morgan fingerprint density at radius 2 is 1.91 bits per heavy atom. The van der Waals surface area contributed by atoms with Gasteiger partial charge in [0.15, 0.2) is 9.84 Å². The predicted molar refractivity (Wildman–Crippen MR) is 91.6 cm³/mol. The Morgan fingerprint density at radius 1 is 1.32 bits per heavy atom. The maximum atomic E-state index is 12.0. The molecular weight excluding hydrogens is 324 g/mol. The quantitative estimate of drug-likeness (QED) is 0.786. The molecule has 0 bridgehead atoms. The molecule has 0 radical (unpaired) electrons. The first-order valence-corrected chi connectivity index (χ1v) is 9.03. The van der Waals surface area contributed by atoms with Crippen molar-refractivity contribution in [2.75, 3.05) is 6.26 Å². The highest BCUT2D eigenvalue weighted by atomic mass is 35.5. The van der Waals surface area contributed by atoms with Gasteiger partial charge in [0.1, 0.15) is 0 Å². The topological polar surface area (TPSA) is 89.3 Å². The summed E-state index contributed by atoms with van der Waals surface area (Å²) in [6.45, 7) is 4.03. The first-order chi connectivity index (χ1) is 9.64. The maximum absolute atomic E-state index is 12.0. The van der Waals surface area contributed by atoms with E-state index in [2.05, 4.69) is 5.32 Å². The first-order valence-electron chi connectivity index (χ1n) is 6.97. The van der Waals surface area contributed by atoms with Crippen molar-refractivity contribution in [3.63, 3.8) is 0 Å². The summed E-state index contributed by atoms with van der Waals surface area (Å²) in [6, 6.07) is 7.18. The minimum absolute atomic E-state index is 0. The van der Waals surface area contributed by atoms with Crippen LogP contribution in [0.4, 0.5) is 0 Å². The van der Waals surface area contributed by atoms with Crippen LogP contribution in [-0.4, -0.2) is 26.1 Å². The van der Waals surface area contributed by atoms with E-state index in [1.165, 1.54) is 6.26 Å². The molecule has 0 spiro atoms. The van der Waals surface area contributed by atoms with Crippen molar-refractivity contribution in [2.24, 2.45) is 5.73 Å². The molecule has 1 rings (SSSR count). The summed E-state index contributed by atoms with van der Waals surface area (Å²) >= 11 is 0. The zero-order valence-corrected chi connectivity index (χ0v) is 14.9. The van der Waals surface area contributed by atoms with Gasteiger partial charge in [0.2, 0.25) is 5.91 Å². The fraction of sp³-hybridized carbons (Fsp3) is 0.533. The molecule has 1 atom stereocenters. The lowest BCUT2D eigenvalue weighted by Crippen LogP contribution is -2.51. The summed E-state index contributed by atoms with van der Waals surface area (Å²) in [4.78, 5) is 12.0. The average Bonchev–Trinajstić information content (AvgIpc) is 2.34. The number of hydrogen-bond donors (Lipinski definition) is 2. The van der Waals surface area contributed by atoms with Gasteiger partial charge in [-0.2, -0.15) is 0 Å². The van der Waals surface area contributed by atoms with Crippen LogP contribution in [0.2, 0.25) is 0 Å². The van der Waals surface area contributed by atoms with Crippen LogP contribution in [0.25, 0.3) is 0 Å². The summed E-state index contributed by atoms with van der Waals surface area (Å²) < 4.78 is 22.6. The van der Waals surface area contributed by atoms with Crippen LogP contribution in [0.3, 0.4) is 0 Å². The molecule has 0 aliphatic carbocycles. The molecule has 0 heterocycles. The summed E-state index contributed by atoms with van der Waals surface area (Å²) in [5.74, 6) is -0.197. The van der Waals surface area contributed by atoms with Crippen LogP contribution in [0.15, 0.2) is 24.3 Å². The Labute approximate surface area is 139 Å². The van der Waals surface area contributed by atoms with Crippen LogP contribution >= 0.6 is 12.4 Å². The van der Waals surface area contributed by atoms with Crippen molar-refractivity contribution in [1.82, 2.24) is 5.32 Å². The number of halogens is 1. The Morgan fingerprint density at radius 3 is 2.45 bits per heavy atom. The standard InChI is InChI=1S/C15H24N2O3S.ClH/c1-4-8-15(2,16)14(18)17-10-12-6-5-7-13(9-12)11-21(3,19)20;/h5-7,9H,4,8,10-11,16H2,1-3H3,(H,17,18);1H. The number of benzene rings is 1. The number of amides is 1. The van der Waals surface area contributed by atoms with E-state index in [0.29, 0.717) is 18.5 Å². The van der Waals surface area contributed by atoms with E-state index in [9.17, 15) is 13.2 Å². The second-order valence-electron chi connectivity index (χ2n) is 5.74. The van der Waals surface area contributed by atoms with Gasteiger partial charge in [-0.25, -0.2) is 8.42 Å². The molecule has 0 saturated heterocycles. The monoisotopic (exact) mass is 348 g/mol. The van der Waals surface area contributed by atoms with Crippen molar-refractivity contribution in [3.8, 4) is 0 Å². The first kappa shape index (κ1) is 20.9. The molecule has 1 aromatic carbocycles.